The number of sulfonamides is 1. The molecule has 1 atom stereocenters. The third kappa shape index (κ3) is 4.73. The fourth-order valence-corrected chi connectivity index (χ4v) is 3.45. The normalized spacial score (nSPS) is 14.6. The maximum atomic E-state index is 12.7. The van der Waals surface area contributed by atoms with Crippen LogP contribution in [0.4, 0.5) is 5.69 Å². The molecular weight excluding hydrogens is 350 g/mol. The topological polar surface area (TPSA) is 128 Å². The summed E-state index contributed by atoms with van der Waals surface area (Å²) in [5.74, 6) is -0.661. The summed E-state index contributed by atoms with van der Waals surface area (Å²) in [5.41, 5.74) is -1.55. The first kappa shape index (κ1) is 21.0. The van der Waals surface area contributed by atoms with Crippen molar-refractivity contribution in [3.8, 4) is 0 Å². The first-order valence-electron chi connectivity index (χ1n) is 7.59. The van der Waals surface area contributed by atoms with E-state index in [9.17, 15) is 23.3 Å². The van der Waals surface area contributed by atoms with Gasteiger partial charge in [-0.1, -0.05) is 6.92 Å². The molecule has 1 aromatic heterocycles. The maximum Gasteiger partial charge on any atom is 0.307 e. The van der Waals surface area contributed by atoms with E-state index < -0.39 is 31.2 Å². The Kier molecular flexibility index (Phi) is 6.24. The first-order valence-corrected chi connectivity index (χ1v) is 9.07. The Balaban J connectivity index is 3.44. The number of pyridine rings is 1. The van der Waals surface area contributed by atoms with Crippen molar-refractivity contribution in [1.29, 1.82) is 0 Å². The summed E-state index contributed by atoms with van der Waals surface area (Å²) in [7, 11) is -2.68. The summed E-state index contributed by atoms with van der Waals surface area (Å²) in [6.07, 6.45) is 2.33. The number of carbonyl (C=O) groups excluding carboxylic acids is 1. The lowest BCUT2D eigenvalue weighted by Gasteiger charge is -2.34. The third-order valence-electron chi connectivity index (χ3n) is 4.24. The van der Waals surface area contributed by atoms with Crippen molar-refractivity contribution < 1.29 is 22.9 Å². The monoisotopic (exact) mass is 373 g/mol. The number of hydrogen-bond donors (Lipinski definition) is 1. The molecule has 1 heterocycles. The van der Waals surface area contributed by atoms with Gasteiger partial charge in [0.15, 0.2) is 0 Å². The molecule has 140 valence electrons. The lowest BCUT2D eigenvalue weighted by molar-refractivity contribution is -0.385. The predicted octanol–water partition coefficient (Wildman–Crippen LogP) is 1.88. The van der Waals surface area contributed by atoms with Gasteiger partial charge in [0.05, 0.1) is 28.7 Å². The molecule has 10 heteroatoms. The molecule has 0 aromatic carbocycles. The molecule has 0 unspecified atom stereocenters. The summed E-state index contributed by atoms with van der Waals surface area (Å²) < 4.78 is 31.5. The molecule has 0 amide bonds. The van der Waals surface area contributed by atoms with Crippen LogP contribution >= 0.6 is 0 Å². The van der Waals surface area contributed by atoms with Crippen LogP contribution in [-0.2, 0) is 25.1 Å². The number of ether oxygens (including phenoxy) is 1. The average molecular weight is 373 g/mol. The Morgan fingerprint density at radius 3 is 2.44 bits per heavy atom. The fraction of sp³-hybridized carbons (Fsp3) is 0.600. The molecule has 1 N–H and O–H groups in total. The summed E-state index contributed by atoms with van der Waals surface area (Å²) in [4.78, 5) is 25.9. The van der Waals surface area contributed by atoms with Gasteiger partial charge in [-0.05, 0) is 32.8 Å². The molecule has 0 aliphatic rings. The highest BCUT2D eigenvalue weighted by Crippen LogP contribution is 2.31. The van der Waals surface area contributed by atoms with E-state index in [-0.39, 0.29) is 17.7 Å². The van der Waals surface area contributed by atoms with E-state index in [1.54, 1.807) is 20.8 Å². The molecule has 0 saturated carbocycles. The smallest absolute Gasteiger partial charge is 0.307 e. The molecule has 0 fully saturated rings. The van der Waals surface area contributed by atoms with Crippen LogP contribution in [-0.4, -0.2) is 36.2 Å². The van der Waals surface area contributed by atoms with Crippen LogP contribution in [0.3, 0.4) is 0 Å². The Morgan fingerprint density at radius 1 is 1.36 bits per heavy atom. The highest BCUT2D eigenvalue weighted by Gasteiger charge is 2.41. The first-order chi connectivity index (χ1) is 11.4. The second kappa shape index (κ2) is 7.44. The largest absolute Gasteiger partial charge is 0.469 e. The zero-order chi connectivity index (χ0) is 19.5. The summed E-state index contributed by atoms with van der Waals surface area (Å²) in [5, 5.41) is 11.0. The highest BCUT2D eigenvalue weighted by atomic mass is 32.2. The Morgan fingerprint density at radius 2 is 1.96 bits per heavy atom. The van der Waals surface area contributed by atoms with E-state index >= 15 is 0 Å². The molecule has 0 aliphatic heterocycles. The number of methoxy groups -OCH3 is 1. The van der Waals surface area contributed by atoms with E-state index in [0.29, 0.717) is 6.42 Å². The quantitative estimate of drug-likeness (QED) is 0.418. The average Bonchev–Trinajstić information content (AvgIpc) is 2.53. The van der Waals surface area contributed by atoms with E-state index in [2.05, 4.69) is 14.4 Å². The van der Waals surface area contributed by atoms with Crippen LogP contribution in [0.1, 0.15) is 46.1 Å². The van der Waals surface area contributed by atoms with E-state index in [1.807, 2.05) is 0 Å². The van der Waals surface area contributed by atoms with Gasteiger partial charge in [-0.15, -0.1) is 0 Å². The molecule has 0 bridgehead atoms. The van der Waals surface area contributed by atoms with Gasteiger partial charge in [-0.3, -0.25) is 19.9 Å². The number of nitro groups is 1. The second-order valence-electron chi connectivity index (χ2n) is 6.49. The molecule has 25 heavy (non-hydrogen) atoms. The van der Waals surface area contributed by atoms with Crippen LogP contribution in [0.5, 0.6) is 0 Å². The third-order valence-corrected chi connectivity index (χ3v) is 6.70. The minimum Gasteiger partial charge on any atom is -0.469 e. The fourth-order valence-electron chi connectivity index (χ4n) is 2.01. The number of hydrogen-bond acceptors (Lipinski definition) is 7. The van der Waals surface area contributed by atoms with Crippen molar-refractivity contribution in [2.45, 2.75) is 50.8 Å². The Labute approximate surface area is 147 Å². The zero-order valence-corrected chi connectivity index (χ0v) is 15.7. The van der Waals surface area contributed by atoms with Crippen molar-refractivity contribution in [2.75, 3.05) is 7.11 Å². The minimum absolute atomic E-state index is 0.197. The van der Waals surface area contributed by atoms with Crippen LogP contribution < -0.4 is 4.72 Å². The summed E-state index contributed by atoms with van der Waals surface area (Å²) in [6.45, 7) is 6.30. The lowest BCUT2D eigenvalue weighted by Crippen LogP contribution is -2.51. The summed E-state index contributed by atoms with van der Waals surface area (Å²) >= 11 is 0. The van der Waals surface area contributed by atoms with Gasteiger partial charge in [-0.2, -0.15) is 0 Å². The SMILES string of the molecule is CCC(C)(C)S(=O)(=O)N[C@@](C)(CC(=O)OC)c1cncc([N+](=O)[O-])c1. The summed E-state index contributed by atoms with van der Waals surface area (Å²) in [6, 6.07) is 1.19. The van der Waals surface area contributed by atoms with Crippen molar-refractivity contribution >= 4 is 21.7 Å². The number of carbonyl (C=O) groups is 1. The standard InChI is InChI=1S/C15H23N3O6S/c1-6-14(2,3)25(22,23)17-15(4,8-13(19)24-5)11-7-12(18(20)21)10-16-9-11/h7,9-10,17H,6,8H2,1-5H3/t15-/m0/s1. The number of esters is 1. The molecule has 0 radical (unpaired) electrons. The maximum absolute atomic E-state index is 12.7. The van der Waals surface area contributed by atoms with E-state index in [1.165, 1.54) is 26.3 Å². The van der Waals surface area contributed by atoms with Crippen molar-refractivity contribution in [3.63, 3.8) is 0 Å². The molecule has 9 nitrogen and oxygen atoms in total. The molecule has 1 aromatic rings. The number of rotatable bonds is 8. The highest BCUT2D eigenvalue weighted by molar-refractivity contribution is 7.90. The Bertz CT molecular complexity index is 762. The molecule has 0 saturated heterocycles. The minimum atomic E-state index is -3.86. The van der Waals surface area contributed by atoms with Crippen molar-refractivity contribution in [2.24, 2.45) is 0 Å². The molecule has 1 rings (SSSR count). The zero-order valence-electron chi connectivity index (χ0n) is 14.9. The van der Waals surface area contributed by atoms with Gasteiger partial charge in [0.1, 0.15) is 6.20 Å². The predicted molar refractivity (Wildman–Crippen MR) is 91.3 cm³/mol. The molecular formula is C15H23N3O6S. The Hall–Kier alpha value is -2.07. The van der Waals surface area contributed by atoms with E-state index in [0.717, 1.165) is 6.20 Å². The van der Waals surface area contributed by atoms with Gasteiger partial charge in [0.25, 0.3) is 5.69 Å². The van der Waals surface area contributed by atoms with Gasteiger partial charge in [0, 0.05) is 12.3 Å². The van der Waals surface area contributed by atoms with Gasteiger partial charge >= 0.3 is 5.97 Å². The van der Waals surface area contributed by atoms with Crippen LogP contribution in [0.25, 0.3) is 0 Å². The van der Waals surface area contributed by atoms with E-state index in [4.69, 9.17) is 0 Å². The molecule has 0 spiro atoms. The number of nitrogens with one attached hydrogen (secondary N) is 1. The van der Waals surface area contributed by atoms with Crippen LogP contribution in [0, 0.1) is 10.1 Å². The molecule has 0 aliphatic carbocycles. The van der Waals surface area contributed by atoms with Crippen LogP contribution in [0.2, 0.25) is 0 Å². The number of nitrogens with zero attached hydrogens (tertiary/aromatic N) is 2. The number of aromatic nitrogens is 1. The van der Waals surface area contributed by atoms with Crippen molar-refractivity contribution in [3.05, 3.63) is 34.1 Å². The van der Waals surface area contributed by atoms with Crippen LogP contribution in [0.15, 0.2) is 18.5 Å². The van der Waals surface area contributed by atoms with Gasteiger partial charge in [0.2, 0.25) is 10.0 Å². The van der Waals surface area contributed by atoms with Gasteiger partial charge < -0.3 is 4.74 Å². The van der Waals surface area contributed by atoms with Crippen molar-refractivity contribution in [1.82, 2.24) is 9.71 Å². The van der Waals surface area contributed by atoms with Gasteiger partial charge in [-0.25, -0.2) is 13.1 Å². The lowest BCUT2D eigenvalue weighted by atomic mass is 9.91. The second-order valence-corrected chi connectivity index (χ2v) is 8.81.